The number of benzene rings is 1. The molecule has 0 atom stereocenters. The summed E-state index contributed by atoms with van der Waals surface area (Å²) in [6.07, 6.45) is 0.388. The number of ether oxygens (including phenoxy) is 1. The third-order valence-electron chi connectivity index (χ3n) is 2.86. The van der Waals surface area contributed by atoms with Gasteiger partial charge in [0.05, 0.1) is 27.1 Å². The molecule has 0 aliphatic heterocycles. The zero-order chi connectivity index (χ0) is 14.7. The summed E-state index contributed by atoms with van der Waals surface area (Å²) in [6, 6.07) is 7.75. The lowest BCUT2D eigenvalue weighted by Crippen LogP contribution is -2.42. The smallest absolute Gasteiger partial charge is 0.312 e. The summed E-state index contributed by atoms with van der Waals surface area (Å²) in [5.41, 5.74) is 7.19. The van der Waals surface area contributed by atoms with Gasteiger partial charge in [0, 0.05) is 11.8 Å². The van der Waals surface area contributed by atoms with Crippen molar-refractivity contribution in [2.45, 2.75) is 32.8 Å². The molecule has 0 amide bonds. The molecule has 19 heavy (non-hydrogen) atoms. The van der Waals surface area contributed by atoms with Gasteiger partial charge in [0.1, 0.15) is 11.3 Å². The topological polar surface area (TPSA) is 52.3 Å². The highest BCUT2D eigenvalue weighted by atomic mass is 16.6. The Morgan fingerprint density at radius 1 is 1.32 bits per heavy atom. The predicted octanol–water partition coefficient (Wildman–Crippen LogP) is 2.57. The summed E-state index contributed by atoms with van der Waals surface area (Å²) in [5.74, 6) is -0.164. The molecule has 1 rings (SSSR count). The average Bonchev–Trinajstić information content (AvgIpc) is 2.24. The van der Waals surface area contributed by atoms with Gasteiger partial charge in [-0.05, 0) is 32.9 Å². The Morgan fingerprint density at radius 2 is 1.95 bits per heavy atom. The Bertz CT molecular complexity index is 448. The first-order valence-electron chi connectivity index (χ1n) is 6.51. The number of quaternary nitrogens is 1. The molecule has 0 spiro atoms. The molecule has 0 aliphatic rings. The average molecular weight is 265 g/mol. The molecule has 1 aromatic rings. The highest BCUT2D eigenvalue weighted by Crippen LogP contribution is 2.22. The molecule has 0 aromatic heterocycles. The molecule has 0 radical (unpaired) electrons. The number of hydrogen-bond donors (Lipinski definition) is 1. The number of carbonyl (C=O) groups excluding carboxylic acids is 1. The Morgan fingerprint density at radius 3 is 2.47 bits per heavy atom. The van der Waals surface area contributed by atoms with Crippen LogP contribution in [0, 0.1) is 0 Å². The zero-order valence-corrected chi connectivity index (χ0v) is 12.6. The van der Waals surface area contributed by atoms with Crippen LogP contribution in [-0.4, -0.2) is 32.2 Å². The number of carbonyl (C=O) groups is 1. The first kappa shape index (κ1) is 15.5. The fourth-order valence-corrected chi connectivity index (χ4v) is 1.79. The SMILES string of the molecule is CC(C)(C)OC(=O)CC[N+](C)(C)c1cccc(N)c1. The molecule has 4 heteroatoms. The van der Waals surface area contributed by atoms with Crippen LogP contribution < -0.4 is 10.2 Å². The van der Waals surface area contributed by atoms with Crippen molar-refractivity contribution in [1.82, 2.24) is 4.48 Å². The molecule has 0 fully saturated rings. The molecule has 0 heterocycles. The van der Waals surface area contributed by atoms with E-state index in [0.717, 1.165) is 11.4 Å². The third-order valence-corrected chi connectivity index (χ3v) is 2.86. The van der Waals surface area contributed by atoms with Gasteiger partial charge < -0.3 is 10.5 Å². The first-order chi connectivity index (χ1) is 8.60. The van der Waals surface area contributed by atoms with Crippen LogP contribution in [0.4, 0.5) is 11.4 Å². The standard InChI is InChI=1S/C15H25N2O2/c1-15(2,3)19-14(18)9-10-17(4,5)13-8-6-7-12(16)11-13/h6-8,11H,9-10,16H2,1-5H3/q+1. The number of hydrogen-bond acceptors (Lipinski definition) is 3. The second-order valence-electron chi connectivity index (χ2n) is 6.34. The summed E-state index contributed by atoms with van der Waals surface area (Å²) >= 11 is 0. The minimum absolute atomic E-state index is 0.164. The Balaban J connectivity index is 2.63. The van der Waals surface area contributed by atoms with E-state index in [2.05, 4.69) is 14.1 Å². The van der Waals surface area contributed by atoms with Gasteiger partial charge in [0.15, 0.2) is 0 Å². The highest BCUT2D eigenvalue weighted by molar-refractivity contribution is 5.70. The summed E-state index contributed by atoms with van der Waals surface area (Å²) in [5, 5.41) is 0. The van der Waals surface area contributed by atoms with Crippen LogP contribution in [0.5, 0.6) is 0 Å². The molecule has 0 saturated carbocycles. The van der Waals surface area contributed by atoms with Gasteiger partial charge in [0.25, 0.3) is 0 Å². The summed E-state index contributed by atoms with van der Waals surface area (Å²) in [4.78, 5) is 11.7. The maximum atomic E-state index is 11.7. The fourth-order valence-electron chi connectivity index (χ4n) is 1.79. The van der Waals surface area contributed by atoms with Crippen molar-refractivity contribution >= 4 is 17.3 Å². The summed E-state index contributed by atoms with van der Waals surface area (Å²) < 4.78 is 5.92. The maximum Gasteiger partial charge on any atom is 0.312 e. The van der Waals surface area contributed by atoms with E-state index in [1.165, 1.54) is 0 Å². The fraction of sp³-hybridized carbons (Fsp3) is 0.533. The van der Waals surface area contributed by atoms with Crippen molar-refractivity contribution in [3.8, 4) is 0 Å². The van der Waals surface area contributed by atoms with Gasteiger partial charge in [-0.2, -0.15) is 0 Å². The van der Waals surface area contributed by atoms with Gasteiger partial charge in [-0.3, -0.25) is 9.28 Å². The van der Waals surface area contributed by atoms with E-state index >= 15 is 0 Å². The molecule has 0 aliphatic carbocycles. The number of nitrogens with two attached hydrogens (primary N) is 1. The second-order valence-corrected chi connectivity index (χ2v) is 6.34. The third kappa shape index (κ3) is 5.30. The largest absolute Gasteiger partial charge is 0.460 e. The van der Waals surface area contributed by atoms with Gasteiger partial charge in [-0.15, -0.1) is 0 Å². The molecular formula is C15H25N2O2+. The van der Waals surface area contributed by atoms with E-state index < -0.39 is 5.60 Å². The van der Waals surface area contributed by atoms with Crippen molar-refractivity contribution in [2.75, 3.05) is 26.4 Å². The van der Waals surface area contributed by atoms with E-state index in [1.807, 2.05) is 45.0 Å². The number of rotatable bonds is 4. The number of nitrogen functional groups attached to an aromatic ring is 1. The maximum absolute atomic E-state index is 11.7. The lowest BCUT2D eigenvalue weighted by Gasteiger charge is -2.29. The van der Waals surface area contributed by atoms with Gasteiger partial charge in [0.2, 0.25) is 0 Å². The monoisotopic (exact) mass is 265 g/mol. The highest BCUT2D eigenvalue weighted by Gasteiger charge is 2.23. The van der Waals surface area contributed by atoms with Crippen molar-refractivity contribution in [2.24, 2.45) is 0 Å². The molecular weight excluding hydrogens is 240 g/mol. The molecule has 106 valence electrons. The molecule has 4 nitrogen and oxygen atoms in total. The summed E-state index contributed by atoms with van der Waals surface area (Å²) in [7, 11) is 4.11. The Hall–Kier alpha value is -1.55. The van der Waals surface area contributed by atoms with Crippen LogP contribution >= 0.6 is 0 Å². The second kappa shape index (κ2) is 5.61. The van der Waals surface area contributed by atoms with Gasteiger partial charge >= 0.3 is 5.97 Å². The lowest BCUT2D eigenvalue weighted by molar-refractivity contribution is -0.155. The van der Waals surface area contributed by atoms with Gasteiger partial charge in [-0.25, -0.2) is 0 Å². The Kier molecular flexibility index (Phi) is 4.58. The number of esters is 1. The van der Waals surface area contributed by atoms with Gasteiger partial charge in [-0.1, -0.05) is 6.07 Å². The summed E-state index contributed by atoms with van der Waals surface area (Å²) in [6.45, 7) is 6.31. The Labute approximate surface area is 115 Å². The first-order valence-corrected chi connectivity index (χ1v) is 6.51. The van der Waals surface area contributed by atoms with Crippen molar-refractivity contribution < 1.29 is 9.53 Å². The molecule has 0 bridgehead atoms. The van der Waals surface area contributed by atoms with Crippen LogP contribution in [0.25, 0.3) is 0 Å². The van der Waals surface area contributed by atoms with E-state index in [9.17, 15) is 4.79 Å². The lowest BCUT2D eigenvalue weighted by atomic mass is 10.2. The van der Waals surface area contributed by atoms with E-state index in [1.54, 1.807) is 0 Å². The number of nitrogens with zero attached hydrogens (tertiary/aromatic N) is 1. The minimum atomic E-state index is -0.425. The number of anilines is 1. The zero-order valence-electron chi connectivity index (χ0n) is 12.6. The quantitative estimate of drug-likeness (QED) is 0.517. The minimum Gasteiger partial charge on any atom is -0.460 e. The van der Waals surface area contributed by atoms with Crippen molar-refractivity contribution in [1.29, 1.82) is 0 Å². The van der Waals surface area contributed by atoms with Crippen LogP contribution in [0.3, 0.4) is 0 Å². The van der Waals surface area contributed by atoms with Crippen molar-refractivity contribution in [3.05, 3.63) is 24.3 Å². The van der Waals surface area contributed by atoms with Crippen LogP contribution in [0.1, 0.15) is 27.2 Å². The van der Waals surface area contributed by atoms with E-state index in [4.69, 9.17) is 10.5 Å². The van der Waals surface area contributed by atoms with Crippen LogP contribution in [0.2, 0.25) is 0 Å². The molecule has 1 aromatic carbocycles. The van der Waals surface area contributed by atoms with E-state index in [0.29, 0.717) is 17.4 Å². The predicted molar refractivity (Wildman–Crippen MR) is 79.8 cm³/mol. The molecule has 2 N–H and O–H groups in total. The van der Waals surface area contributed by atoms with E-state index in [-0.39, 0.29) is 5.97 Å². The normalized spacial score (nSPS) is 12.3. The molecule has 0 unspecified atom stereocenters. The van der Waals surface area contributed by atoms with Crippen LogP contribution in [0.15, 0.2) is 24.3 Å². The molecule has 0 saturated heterocycles. The van der Waals surface area contributed by atoms with Crippen LogP contribution in [-0.2, 0) is 9.53 Å². The van der Waals surface area contributed by atoms with Crippen molar-refractivity contribution in [3.63, 3.8) is 0 Å².